The average Bonchev–Trinajstić information content (AvgIpc) is 2.57. The van der Waals surface area contributed by atoms with Gasteiger partial charge in [0, 0.05) is 23.2 Å². The molecule has 0 aliphatic heterocycles. The third-order valence-corrected chi connectivity index (χ3v) is 3.83. The van der Waals surface area contributed by atoms with Gasteiger partial charge in [-0.05, 0) is 31.2 Å². The first-order chi connectivity index (χ1) is 12.2. The zero-order valence-corrected chi connectivity index (χ0v) is 16.8. The van der Waals surface area contributed by atoms with Crippen LogP contribution in [-0.2, 0) is 14.4 Å². The van der Waals surface area contributed by atoms with Crippen LogP contribution in [0.5, 0.6) is 0 Å². The molecule has 2 amide bonds. The zero-order chi connectivity index (χ0) is 19.7. The largest absolute Gasteiger partial charge is 0.391 e. The number of likely N-dealkylation sites (N-methyl/N-ethyl adjacent to an activating group) is 1. The molecule has 3 N–H and O–H groups in total. The Morgan fingerprint density at radius 1 is 1.46 bits per heavy atom. The van der Waals surface area contributed by atoms with Crippen molar-refractivity contribution >= 4 is 45.0 Å². The molecule has 0 aromatic heterocycles. The highest BCUT2D eigenvalue weighted by molar-refractivity contribution is 9.10. The number of amides is 2. The Morgan fingerprint density at radius 3 is 2.77 bits per heavy atom. The van der Waals surface area contributed by atoms with Crippen LogP contribution in [-0.4, -0.2) is 48.2 Å². The molecule has 1 rings (SSSR count). The van der Waals surface area contributed by atoms with Crippen LogP contribution in [0, 0.1) is 0 Å². The summed E-state index contributed by atoms with van der Waals surface area (Å²) in [6.45, 7) is 5.24. The minimum Gasteiger partial charge on any atom is -0.391 e. The van der Waals surface area contributed by atoms with Crippen molar-refractivity contribution in [1.29, 1.82) is 0 Å². The highest BCUT2D eigenvalue weighted by Gasteiger charge is 2.09. The minimum atomic E-state index is -0.707. The number of rotatable bonds is 9. The average molecular weight is 447 g/mol. The minimum absolute atomic E-state index is 0.0428. The van der Waals surface area contributed by atoms with Gasteiger partial charge in [-0.1, -0.05) is 34.1 Å². The molecular weight excluding hydrogens is 426 g/mol. The van der Waals surface area contributed by atoms with Gasteiger partial charge in [-0.3, -0.25) is 14.4 Å². The van der Waals surface area contributed by atoms with E-state index < -0.39 is 12.0 Å². The lowest BCUT2D eigenvalue weighted by Crippen LogP contribution is -2.30. The summed E-state index contributed by atoms with van der Waals surface area (Å²) >= 11 is 9.42. The fraction of sp³-hybridized carbons (Fsp3) is 0.294. The number of halogens is 2. The summed E-state index contributed by atoms with van der Waals surface area (Å²) in [6.07, 6.45) is 1.80. The predicted octanol–water partition coefficient (Wildman–Crippen LogP) is 2.47. The molecule has 1 aromatic carbocycles. The molecule has 0 spiro atoms. The van der Waals surface area contributed by atoms with Crippen LogP contribution in [0.3, 0.4) is 0 Å². The molecule has 0 saturated carbocycles. The van der Waals surface area contributed by atoms with Gasteiger partial charge >= 0.3 is 0 Å². The lowest BCUT2D eigenvalue weighted by molar-refractivity contribution is -0.131. The normalized spacial score (nSPS) is 11.9. The second-order valence-electron chi connectivity index (χ2n) is 5.45. The number of anilines is 1. The molecule has 26 heavy (non-hydrogen) atoms. The number of hydroxylamine groups is 1. The fourth-order valence-electron chi connectivity index (χ4n) is 1.58. The summed E-state index contributed by atoms with van der Waals surface area (Å²) in [6, 6.07) is 5.37. The van der Waals surface area contributed by atoms with Gasteiger partial charge in [0.15, 0.2) is 0 Å². The van der Waals surface area contributed by atoms with E-state index in [2.05, 4.69) is 33.3 Å². The van der Waals surface area contributed by atoms with Crippen molar-refractivity contribution in [2.24, 2.45) is 0 Å². The number of nitrogens with zero attached hydrogens (tertiary/aromatic N) is 1. The first-order valence-electron chi connectivity index (χ1n) is 7.62. The smallest absolute Gasteiger partial charge is 0.274 e. The lowest BCUT2D eigenvalue weighted by atomic mass is 10.2. The Bertz CT molecular complexity index is 695. The van der Waals surface area contributed by atoms with Gasteiger partial charge in [0.1, 0.15) is 6.61 Å². The van der Waals surface area contributed by atoms with Gasteiger partial charge in [0.05, 0.1) is 23.5 Å². The maximum Gasteiger partial charge on any atom is 0.274 e. The molecular formula is C17H21BrClN3O4. The van der Waals surface area contributed by atoms with Crippen LogP contribution in [0.15, 0.2) is 47.0 Å². The van der Waals surface area contributed by atoms with Crippen molar-refractivity contribution in [2.75, 3.05) is 25.6 Å². The summed E-state index contributed by atoms with van der Waals surface area (Å²) in [5, 5.41) is 12.6. The third kappa shape index (κ3) is 8.01. The standard InChI is InChI=1S/C17H21BrClN3O4/c1-11(17(25)21-26-9-12(2)23)4-7-16(24)22(3)10-20-15-6-5-13(18)8-14(15)19/h4-8,12,20,23H,1,9-10H2,2-3H3,(H,21,25)/b7-4-/t12-/m0/s1. The molecule has 0 aliphatic rings. The predicted molar refractivity (Wildman–Crippen MR) is 104 cm³/mol. The third-order valence-electron chi connectivity index (χ3n) is 3.02. The van der Waals surface area contributed by atoms with Crippen molar-refractivity contribution in [3.63, 3.8) is 0 Å². The molecule has 142 valence electrons. The van der Waals surface area contributed by atoms with Crippen molar-refractivity contribution in [1.82, 2.24) is 10.4 Å². The Labute approximate surface area is 165 Å². The Morgan fingerprint density at radius 2 is 2.15 bits per heavy atom. The molecule has 0 aliphatic carbocycles. The number of carbonyl (C=O) groups excluding carboxylic acids is 2. The van der Waals surface area contributed by atoms with Crippen LogP contribution in [0.4, 0.5) is 5.69 Å². The number of carbonyl (C=O) groups is 2. The van der Waals surface area contributed by atoms with E-state index in [9.17, 15) is 9.59 Å². The molecule has 1 aromatic rings. The van der Waals surface area contributed by atoms with Crippen LogP contribution in [0.25, 0.3) is 0 Å². The maximum absolute atomic E-state index is 12.1. The topological polar surface area (TPSA) is 90.9 Å². The molecule has 7 nitrogen and oxygen atoms in total. The van der Waals surface area contributed by atoms with Crippen LogP contribution in [0.1, 0.15) is 6.92 Å². The maximum atomic E-state index is 12.1. The number of hydrogen-bond donors (Lipinski definition) is 3. The number of nitrogens with one attached hydrogen (secondary N) is 2. The fourth-order valence-corrected chi connectivity index (χ4v) is 2.32. The molecule has 0 unspecified atom stereocenters. The first-order valence-corrected chi connectivity index (χ1v) is 8.79. The van der Waals surface area contributed by atoms with Gasteiger partial charge in [0.25, 0.3) is 5.91 Å². The summed E-state index contributed by atoms with van der Waals surface area (Å²) in [5.74, 6) is -0.929. The van der Waals surface area contributed by atoms with Crippen LogP contribution < -0.4 is 10.8 Å². The highest BCUT2D eigenvalue weighted by Crippen LogP contribution is 2.25. The summed E-state index contributed by atoms with van der Waals surface area (Å²) in [5.41, 5.74) is 2.85. The van der Waals surface area contributed by atoms with E-state index in [0.717, 1.165) is 4.47 Å². The monoisotopic (exact) mass is 445 g/mol. The van der Waals surface area contributed by atoms with Crippen molar-refractivity contribution in [3.8, 4) is 0 Å². The van der Waals surface area contributed by atoms with Gasteiger partial charge < -0.3 is 15.3 Å². The number of benzene rings is 1. The molecule has 0 fully saturated rings. The van der Waals surface area contributed by atoms with Crippen molar-refractivity contribution in [3.05, 3.63) is 52.0 Å². The van der Waals surface area contributed by atoms with E-state index >= 15 is 0 Å². The first kappa shape index (κ1) is 22.2. The second-order valence-corrected chi connectivity index (χ2v) is 6.77. The van der Waals surface area contributed by atoms with E-state index in [-0.39, 0.29) is 24.8 Å². The van der Waals surface area contributed by atoms with Crippen molar-refractivity contribution < 1.29 is 19.5 Å². The molecule has 0 radical (unpaired) electrons. The van der Waals surface area contributed by atoms with Gasteiger partial charge in [-0.25, -0.2) is 5.48 Å². The van der Waals surface area contributed by atoms with Crippen LogP contribution in [0.2, 0.25) is 5.02 Å². The highest BCUT2D eigenvalue weighted by atomic mass is 79.9. The zero-order valence-electron chi connectivity index (χ0n) is 14.5. The summed E-state index contributed by atoms with van der Waals surface area (Å²) < 4.78 is 0.856. The second kappa shape index (κ2) is 11.0. The van der Waals surface area contributed by atoms with Crippen molar-refractivity contribution in [2.45, 2.75) is 13.0 Å². The Balaban J connectivity index is 2.46. The van der Waals surface area contributed by atoms with Gasteiger partial charge in [-0.2, -0.15) is 0 Å². The SMILES string of the molecule is C=C(/C=C\C(=O)N(C)CNc1ccc(Br)cc1Cl)C(=O)NOC[C@H](C)O. The van der Waals surface area contributed by atoms with E-state index in [1.807, 2.05) is 6.07 Å². The van der Waals surface area contributed by atoms with Crippen LogP contribution >= 0.6 is 27.5 Å². The number of aliphatic hydroxyl groups is 1. The molecule has 0 saturated heterocycles. The van der Waals surface area contributed by atoms with Gasteiger partial charge in [0.2, 0.25) is 5.91 Å². The Kier molecular flexibility index (Phi) is 9.36. The van der Waals surface area contributed by atoms with E-state index in [4.69, 9.17) is 21.5 Å². The van der Waals surface area contributed by atoms with E-state index in [1.54, 1.807) is 19.2 Å². The Hall–Kier alpha value is -1.87. The van der Waals surface area contributed by atoms with E-state index in [0.29, 0.717) is 10.7 Å². The van der Waals surface area contributed by atoms with Gasteiger partial charge in [-0.15, -0.1) is 0 Å². The summed E-state index contributed by atoms with van der Waals surface area (Å²) in [7, 11) is 1.60. The molecule has 0 heterocycles. The molecule has 1 atom stereocenters. The summed E-state index contributed by atoms with van der Waals surface area (Å²) in [4.78, 5) is 29.9. The molecule has 9 heteroatoms. The quantitative estimate of drug-likeness (QED) is 0.235. The van der Waals surface area contributed by atoms with E-state index in [1.165, 1.54) is 24.0 Å². The number of aliphatic hydroxyl groups excluding tert-OH is 1. The lowest BCUT2D eigenvalue weighted by Gasteiger charge is -2.17. The molecule has 0 bridgehead atoms. The number of hydrogen-bond acceptors (Lipinski definition) is 5.